The highest BCUT2D eigenvalue weighted by Crippen LogP contribution is 2.34. The van der Waals surface area contributed by atoms with E-state index in [4.69, 9.17) is 9.47 Å². The van der Waals surface area contributed by atoms with Crippen LogP contribution in [0.4, 0.5) is 44.3 Å². The zero-order valence-electron chi connectivity index (χ0n) is 24.6. The topological polar surface area (TPSA) is 98.1 Å². The average molecular weight is 602 g/mol. The van der Waals surface area contributed by atoms with Gasteiger partial charge < -0.3 is 14.8 Å². The number of nitrogens with one attached hydrogen (secondary N) is 1. The van der Waals surface area contributed by atoms with Crippen LogP contribution in [-0.4, -0.2) is 37.8 Å². The second-order valence-corrected chi connectivity index (χ2v) is 11.7. The molecule has 9 nitrogen and oxygen atoms in total. The highest BCUT2D eigenvalue weighted by atomic mass is 19.4. The van der Waals surface area contributed by atoms with Gasteiger partial charge in [-0.15, -0.1) is 0 Å². The summed E-state index contributed by atoms with van der Waals surface area (Å²) < 4.78 is 66.1. The highest BCUT2D eigenvalue weighted by Gasteiger charge is 2.34. The molecule has 0 bridgehead atoms. The minimum absolute atomic E-state index is 0.0336. The van der Waals surface area contributed by atoms with Crippen molar-refractivity contribution in [1.29, 1.82) is 0 Å². The minimum Gasteiger partial charge on any atom is -0.443 e. The number of imide groups is 1. The van der Waals surface area contributed by atoms with Crippen LogP contribution in [0.25, 0.3) is 17.0 Å². The summed E-state index contributed by atoms with van der Waals surface area (Å²) in [5.74, 6) is -0.496. The number of fused-ring (bicyclic) bond motifs is 1. The molecule has 0 aliphatic heterocycles. The fourth-order valence-electron chi connectivity index (χ4n) is 4.07. The molecule has 3 aromatic heterocycles. The number of hydrogen-bond donors (Lipinski definition) is 1. The van der Waals surface area contributed by atoms with Gasteiger partial charge in [0.15, 0.2) is 0 Å². The van der Waals surface area contributed by atoms with Crippen LogP contribution >= 0.6 is 0 Å². The lowest BCUT2D eigenvalue weighted by Gasteiger charge is -2.29. The smallest absolute Gasteiger partial charge is 0.424 e. The standard InChI is InChI=1S/C30H31F4N5O4/c1-17-25(38-16-19(31)10-13-24(38)35-17)22-14-21(39(26(40)42-28(2,3)4)27(41)43-29(5,6)7)15-23(37-22)36-20-11-8-18(9-12-20)30(32,33)34/h8-16H,1-7H3,(H,36,37). The maximum atomic E-state index is 14.3. The van der Waals surface area contributed by atoms with Crippen molar-refractivity contribution in [2.45, 2.75) is 65.8 Å². The molecule has 13 heteroatoms. The third-order valence-electron chi connectivity index (χ3n) is 5.70. The fraction of sp³-hybridized carbons (Fsp3) is 0.333. The first-order chi connectivity index (χ1) is 19.8. The molecule has 228 valence electrons. The van der Waals surface area contributed by atoms with Crippen molar-refractivity contribution in [3.63, 3.8) is 0 Å². The van der Waals surface area contributed by atoms with E-state index in [2.05, 4.69) is 15.3 Å². The maximum Gasteiger partial charge on any atom is 0.424 e. The van der Waals surface area contributed by atoms with Gasteiger partial charge in [-0.2, -0.15) is 18.1 Å². The van der Waals surface area contributed by atoms with E-state index < -0.39 is 40.9 Å². The fourth-order valence-corrected chi connectivity index (χ4v) is 4.07. The third kappa shape index (κ3) is 7.59. The van der Waals surface area contributed by atoms with Crippen LogP contribution in [0.5, 0.6) is 0 Å². The predicted octanol–water partition coefficient (Wildman–Crippen LogP) is 8.28. The number of benzene rings is 1. The summed E-state index contributed by atoms with van der Waals surface area (Å²) in [4.78, 5) is 36.5. The first-order valence-electron chi connectivity index (χ1n) is 13.2. The van der Waals surface area contributed by atoms with Crippen LogP contribution in [-0.2, 0) is 15.7 Å². The summed E-state index contributed by atoms with van der Waals surface area (Å²) in [5, 5.41) is 2.92. The number of nitrogens with zero attached hydrogens (tertiary/aromatic N) is 4. The van der Waals surface area contributed by atoms with E-state index in [-0.39, 0.29) is 22.9 Å². The van der Waals surface area contributed by atoms with Gasteiger partial charge in [-0.05, 0) is 90.9 Å². The van der Waals surface area contributed by atoms with Crippen molar-refractivity contribution < 1.29 is 36.6 Å². The molecule has 0 spiro atoms. The van der Waals surface area contributed by atoms with Crippen molar-refractivity contribution >= 4 is 35.0 Å². The van der Waals surface area contributed by atoms with E-state index in [0.717, 1.165) is 12.1 Å². The van der Waals surface area contributed by atoms with Crippen LogP contribution in [0.15, 0.2) is 54.7 Å². The van der Waals surface area contributed by atoms with Gasteiger partial charge >= 0.3 is 18.4 Å². The number of aromatic nitrogens is 3. The van der Waals surface area contributed by atoms with Crippen molar-refractivity contribution in [2.24, 2.45) is 0 Å². The highest BCUT2D eigenvalue weighted by molar-refractivity contribution is 6.10. The number of carbonyl (C=O) groups excluding carboxylic acids is 2. The molecule has 0 aliphatic rings. The quantitative estimate of drug-likeness (QED) is 0.235. The Morgan fingerprint density at radius 3 is 1.98 bits per heavy atom. The SMILES string of the molecule is Cc1nc2ccc(F)cn2c1-c1cc(N(C(=O)OC(C)(C)C)C(=O)OC(C)(C)C)cc(Nc2ccc(C(F)(F)F)cc2)n1. The Balaban J connectivity index is 1.91. The van der Waals surface area contributed by atoms with E-state index in [9.17, 15) is 27.2 Å². The number of pyridine rings is 2. The number of halogens is 4. The number of amides is 2. The molecule has 4 rings (SSSR count). The van der Waals surface area contributed by atoms with Crippen LogP contribution < -0.4 is 10.2 Å². The van der Waals surface area contributed by atoms with Crippen molar-refractivity contribution in [1.82, 2.24) is 14.4 Å². The molecular formula is C30H31F4N5O4. The molecule has 1 N–H and O–H groups in total. The molecule has 1 aromatic carbocycles. The van der Waals surface area contributed by atoms with Crippen molar-refractivity contribution in [2.75, 3.05) is 10.2 Å². The van der Waals surface area contributed by atoms with Crippen LogP contribution in [0.1, 0.15) is 52.8 Å². The monoisotopic (exact) mass is 601 g/mol. The van der Waals surface area contributed by atoms with E-state index >= 15 is 0 Å². The van der Waals surface area contributed by atoms with Gasteiger partial charge in [-0.25, -0.2) is 23.9 Å². The first kappa shape index (κ1) is 31.3. The Hall–Kier alpha value is -4.68. The van der Waals surface area contributed by atoms with Crippen molar-refractivity contribution in [3.05, 3.63) is 71.8 Å². The molecule has 43 heavy (non-hydrogen) atoms. The molecule has 4 aromatic rings. The Labute approximate surface area is 245 Å². The number of ether oxygens (including phenoxy) is 2. The minimum atomic E-state index is -4.53. The first-order valence-corrected chi connectivity index (χ1v) is 13.2. The lowest BCUT2D eigenvalue weighted by molar-refractivity contribution is -0.137. The normalized spacial score (nSPS) is 12.3. The Morgan fingerprint density at radius 1 is 0.860 bits per heavy atom. The Kier molecular flexibility index (Phi) is 8.14. The lowest BCUT2D eigenvalue weighted by atomic mass is 10.2. The number of alkyl halides is 3. The molecular weight excluding hydrogens is 570 g/mol. The predicted molar refractivity (Wildman–Crippen MR) is 153 cm³/mol. The van der Waals surface area contributed by atoms with E-state index in [1.54, 1.807) is 48.5 Å². The summed E-state index contributed by atoms with van der Waals surface area (Å²) in [7, 11) is 0. The second-order valence-electron chi connectivity index (χ2n) is 11.7. The van der Waals surface area contributed by atoms with Crippen LogP contribution in [0.3, 0.4) is 0 Å². The van der Waals surface area contributed by atoms with Gasteiger partial charge in [-0.1, -0.05) is 0 Å². The van der Waals surface area contributed by atoms with Gasteiger partial charge in [0.2, 0.25) is 0 Å². The average Bonchev–Trinajstić information content (AvgIpc) is 3.16. The van der Waals surface area contributed by atoms with E-state index in [1.165, 1.54) is 47.0 Å². The zero-order valence-corrected chi connectivity index (χ0v) is 24.6. The van der Waals surface area contributed by atoms with Crippen LogP contribution in [0.2, 0.25) is 0 Å². The second kappa shape index (κ2) is 11.2. The molecule has 0 atom stereocenters. The number of imidazole rings is 1. The molecule has 0 fully saturated rings. The van der Waals surface area contributed by atoms with Gasteiger partial charge in [0, 0.05) is 18.0 Å². The maximum absolute atomic E-state index is 14.3. The zero-order chi connectivity index (χ0) is 31.9. The molecule has 0 unspecified atom stereocenters. The van der Waals surface area contributed by atoms with Gasteiger partial charge in [0.1, 0.15) is 28.5 Å². The number of aryl methyl sites for hydroxylation is 1. The largest absolute Gasteiger partial charge is 0.443 e. The van der Waals surface area contributed by atoms with E-state index in [1.807, 2.05) is 0 Å². The number of hydrogen-bond acceptors (Lipinski definition) is 7. The van der Waals surface area contributed by atoms with Gasteiger partial charge in [0.05, 0.1) is 28.3 Å². The molecule has 0 radical (unpaired) electrons. The Bertz CT molecular complexity index is 1640. The van der Waals surface area contributed by atoms with Gasteiger partial charge in [0.25, 0.3) is 0 Å². The molecule has 0 aliphatic carbocycles. The van der Waals surface area contributed by atoms with Crippen molar-refractivity contribution in [3.8, 4) is 11.4 Å². The van der Waals surface area contributed by atoms with Crippen LogP contribution in [0, 0.1) is 12.7 Å². The molecule has 0 saturated heterocycles. The number of carbonyl (C=O) groups is 2. The summed E-state index contributed by atoms with van der Waals surface area (Å²) in [6, 6.07) is 9.71. The lowest BCUT2D eigenvalue weighted by Crippen LogP contribution is -2.43. The molecule has 3 heterocycles. The van der Waals surface area contributed by atoms with Gasteiger partial charge in [-0.3, -0.25) is 4.40 Å². The summed E-state index contributed by atoms with van der Waals surface area (Å²) >= 11 is 0. The molecule has 2 amide bonds. The van der Waals surface area contributed by atoms with E-state index in [0.29, 0.717) is 21.9 Å². The third-order valence-corrected chi connectivity index (χ3v) is 5.70. The summed E-state index contributed by atoms with van der Waals surface area (Å²) in [5.41, 5.74) is -1.22. The Morgan fingerprint density at radius 2 is 1.44 bits per heavy atom. The number of rotatable bonds is 4. The molecule has 0 saturated carbocycles. The summed E-state index contributed by atoms with van der Waals surface area (Å²) in [6.07, 6.45) is -5.40. The number of anilines is 3. The summed E-state index contributed by atoms with van der Waals surface area (Å²) in [6.45, 7) is 11.5.